The number of carbonyl (C=O) groups excluding carboxylic acids is 1. The molecule has 8 heteroatoms. The number of primary amides is 1. The van der Waals surface area contributed by atoms with Gasteiger partial charge in [-0.15, -0.1) is 0 Å². The summed E-state index contributed by atoms with van der Waals surface area (Å²) in [7, 11) is 0. The minimum absolute atomic E-state index is 0.235. The highest BCUT2D eigenvalue weighted by Crippen LogP contribution is 2.24. The minimum Gasteiger partial charge on any atom is -0.366 e. The first-order valence-electron chi connectivity index (χ1n) is 10.4. The predicted octanol–water partition coefficient (Wildman–Crippen LogP) is 3.09. The van der Waals surface area contributed by atoms with E-state index in [0.717, 1.165) is 55.8 Å². The lowest BCUT2D eigenvalue weighted by atomic mass is 10.0. The quantitative estimate of drug-likeness (QED) is 0.513. The molecular formula is C21H31N7O. The number of aromatic nitrogens is 3. The summed E-state index contributed by atoms with van der Waals surface area (Å²) < 4.78 is 0. The number of anilines is 3. The first-order chi connectivity index (χ1) is 14.0. The van der Waals surface area contributed by atoms with Crippen molar-refractivity contribution in [1.29, 1.82) is 0 Å². The summed E-state index contributed by atoms with van der Waals surface area (Å²) in [4.78, 5) is 25.5. The van der Waals surface area contributed by atoms with Crippen molar-refractivity contribution in [3.63, 3.8) is 0 Å². The summed E-state index contributed by atoms with van der Waals surface area (Å²) in [6.45, 7) is 8.18. The zero-order valence-corrected chi connectivity index (χ0v) is 17.5. The van der Waals surface area contributed by atoms with Crippen molar-refractivity contribution >= 4 is 23.5 Å². The van der Waals surface area contributed by atoms with Gasteiger partial charge in [0, 0.05) is 29.8 Å². The summed E-state index contributed by atoms with van der Waals surface area (Å²) in [5, 5.41) is 10.0. The Kier molecular flexibility index (Phi) is 6.98. The van der Waals surface area contributed by atoms with E-state index in [-0.39, 0.29) is 5.92 Å². The lowest BCUT2D eigenvalue weighted by Crippen LogP contribution is -2.24. The van der Waals surface area contributed by atoms with Crippen molar-refractivity contribution in [2.75, 3.05) is 23.7 Å². The van der Waals surface area contributed by atoms with Crippen LogP contribution in [0.3, 0.4) is 0 Å². The molecule has 2 heterocycles. The Morgan fingerprint density at radius 2 is 2.10 bits per heavy atom. The highest BCUT2D eigenvalue weighted by molar-refractivity contribution is 5.94. The Labute approximate surface area is 172 Å². The van der Waals surface area contributed by atoms with Crippen molar-refractivity contribution in [3.05, 3.63) is 35.2 Å². The van der Waals surface area contributed by atoms with E-state index in [4.69, 9.17) is 5.73 Å². The molecule has 1 saturated heterocycles. The van der Waals surface area contributed by atoms with E-state index >= 15 is 0 Å². The number of benzene rings is 1. The van der Waals surface area contributed by atoms with Gasteiger partial charge in [0.15, 0.2) is 0 Å². The van der Waals surface area contributed by atoms with Crippen molar-refractivity contribution in [1.82, 2.24) is 20.3 Å². The Morgan fingerprint density at radius 1 is 1.31 bits per heavy atom. The summed E-state index contributed by atoms with van der Waals surface area (Å²) in [6.07, 6.45) is 4.33. The zero-order chi connectivity index (χ0) is 20.8. The molecule has 1 fully saturated rings. The lowest BCUT2D eigenvalue weighted by Gasteiger charge is -2.17. The van der Waals surface area contributed by atoms with Crippen LogP contribution < -0.4 is 21.7 Å². The highest BCUT2D eigenvalue weighted by Gasteiger charge is 2.18. The third-order valence-electron chi connectivity index (χ3n) is 5.25. The molecule has 29 heavy (non-hydrogen) atoms. The minimum atomic E-state index is -0.464. The molecular weight excluding hydrogens is 366 g/mol. The summed E-state index contributed by atoms with van der Waals surface area (Å²) >= 11 is 0. The van der Waals surface area contributed by atoms with Crippen molar-refractivity contribution in [3.8, 4) is 0 Å². The molecule has 5 N–H and O–H groups in total. The molecule has 2 atom stereocenters. The third-order valence-corrected chi connectivity index (χ3v) is 5.25. The number of nitrogens with zero attached hydrogens (tertiary/aromatic N) is 3. The van der Waals surface area contributed by atoms with Gasteiger partial charge in [0.25, 0.3) is 0 Å². The van der Waals surface area contributed by atoms with E-state index in [1.54, 1.807) is 12.1 Å². The fourth-order valence-corrected chi connectivity index (χ4v) is 3.36. The molecule has 156 valence electrons. The fourth-order valence-electron chi connectivity index (χ4n) is 3.36. The number of hydrogen-bond donors (Lipinski definition) is 4. The van der Waals surface area contributed by atoms with E-state index < -0.39 is 5.91 Å². The summed E-state index contributed by atoms with van der Waals surface area (Å²) in [5.74, 6) is 1.59. The third kappa shape index (κ3) is 5.63. The SMILES string of the molecule is CCCCC(C)c1nc(Nc2cc(C(N)=O)ccc2C)nc(N[C@H]2CCNC2)n1. The van der Waals surface area contributed by atoms with Gasteiger partial charge in [-0.1, -0.05) is 32.8 Å². The molecule has 0 saturated carbocycles. The number of nitrogens with two attached hydrogens (primary N) is 1. The van der Waals surface area contributed by atoms with Gasteiger partial charge >= 0.3 is 0 Å². The number of rotatable bonds is 9. The molecule has 0 radical (unpaired) electrons. The maximum atomic E-state index is 11.5. The van der Waals surface area contributed by atoms with Crippen molar-refractivity contribution in [2.24, 2.45) is 5.73 Å². The standard InChI is InChI=1S/C21H31N7O/c1-4-5-6-14(3)19-26-20(24-16-9-10-23-12-16)28-21(27-19)25-17-11-15(18(22)29)8-7-13(17)2/h7-8,11,14,16,23H,4-6,9-10,12H2,1-3H3,(H2,22,29)(H2,24,25,26,27,28)/t14?,16-/m0/s1. The number of nitrogens with one attached hydrogen (secondary N) is 3. The molecule has 0 bridgehead atoms. The number of aryl methyl sites for hydroxylation is 1. The second-order valence-corrected chi connectivity index (χ2v) is 7.74. The van der Waals surface area contributed by atoms with Crippen LogP contribution in [0.25, 0.3) is 0 Å². The lowest BCUT2D eigenvalue weighted by molar-refractivity contribution is 0.100. The van der Waals surface area contributed by atoms with E-state index in [1.807, 2.05) is 13.0 Å². The molecule has 8 nitrogen and oxygen atoms in total. The number of carbonyl (C=O) groups is 1. The number of amides is 1. The molecule has 1 aliphatic rings. The Balaban J connectivity index is 1.89. The molecule has 1 unspecified atom stereocenters. The monoisotopic (exact) mass is 397 g/mol. The van der Waals surface area contributed by atoms with Crippen LogP contribution in [-0.2, 0) is 0 Å². The number of hydrogen-bond acceptors (Lipinski definition) is 7. The van der Waals surface area contributed by atoms with Crippen LogP contribution in [0.15, 0.2) is 18.2 Å². The topological polar surface area (TPSA) is 118 Å². The van der Waals surface area contributed by atoms with Gasteiger partial charge in [-0.3, -0.25) is 4.79 Å². The maximum Gasteiger partial charge on any atom is 0.248 e. The summed E-state index contributed by atoms with van der Waals surface area (Å²) in [5.41, 5.74) is 7.61. The molecule has 1 aliphatic heterocycles. The summed E-state index contributed by atoms with van der Waals surface area (Å²) in [6, 6.07) is 5.62. The Bertz CT molecular complexity index is 849. The highest BCUT2D eigenvalue weighted by atomic mass is 16.1. The Morgan fingerprint density at radius 3 is 2.79 bits per heavy atom. The molecule has 1 aromatic carbocycles. The molecule has 3 rings (SSSR count). The van der Waals surface area contributed by atoms with E-state index in [9.17, 15) is 4.79 Å². The van der Waals surface area contributed by atoms with Gasteiger partial charge in [-0.25, -0.2) is 0 Å². The second-order valence-electron chi connectivity index (χ2n) is 7.74. The van der Waals surface area contributed by atoms with Crippen LogP contribution in [0.5, 0.6) is 0 Å². The normalized spacial score (nSPS) is 17.1. The smallest absolute Gasteiger partial charge is 0.248 e. The largest absolute Gasteiger partial charge is 0.366 e. The van der Waals surface area contributed by atoms with Crippen molar-refractivity contribution < 1.29 is 4.79 Å². The van der Waals surface area contributed by atoms with Crippen LogP contribution >= 0.6 is 0 Å². The van der Waals surface area contributed by atoms with Crippen LogP contribution in [0.2, 0.25) is 0 Å². The zero-order valence-electron chi connectivity index (χ0n) is 17.5. The molecule has 2 aromatic rings. The van der Waals surface area contributed by atoms with E-state index in [2.05, 4.69) is 44.7 Å². The average Bonchev–Trinajstić information content (AvgIpc) is 3.20. The maximum absolute atomic E-state index is 11.5. The molecule has 0 aliphatic carbocycles. The van der Waals surface area contributed by atoms with E-state index in [1.165, 1.54) is 0 Å². The van der Waals surface area contributed by atoms with Crippen LogP contribution in [0.1, 0.15) is 67.2 Å². The Hall–Kier alpha value is -2.74. The molecule has 1 amide bonds. The molecule has 0 spiro atoms. The van der Waals surface area contributed by atoms with Gasteiger partial charge in [0.1, 0.15) is 5.82 Å². The molecule has 1 aromatic heterocycles. The van der Waals surface area contributed by atoms with Gasteiger partial charge in [0.05, 0.1) is 0 Å². The van der Waals surface area contributed by atoms with Crippen LogP contribution in [0.4, 0.5) is 17.6 Å². The first kappa shape index (κ1) is 21.0. The first-order valence-corrected chi connectivity index (χ1v) is 10.4. The van der Waals surface area contributed by atoms with Gasteiger partial charge in [-0.05, 0) is 44.0 Å². The van der Waals surface area contributed by atoms with E-state index in [0.29, 0.717) is 23.5 Å². The average molecular weight is 398 g/mol. The number of unbranched alkanes of at least 4 members (excludes halogenated alkanes) is 1. The van der Waals surface area contributed by atoms with Gasteiger partial charge in [0.2, 0.25) is 17.8 Å². The van der Waals surface area contributed by atoms with Gasteiger partial charge < -0.3 is 21.7 Å². The second kappa shape index (κ2) is 9.65. The van der Waals surface area contributed by atoms with Gasteiger partial charge in [-0.2, -0.15) is 15.0 Å². The fraction of sp³-hybridized carbons (Fsp3) is 0.524. The van der Waals surface area contributed by atoms with Crippen LogP contribution in [-0.4, -0.2) is 40.0 Å². The van der Waals surface area contributed by atoms with Crippen LogP contribution in [0, 0.1) is 6.92 Å². The van der Waals surface area contributed by atoms with Crippen molar-refractivity contribution in [2.45, 2.75) is 58.4 Å². The predicted molar refractivity (Wildman–Crippen MR) is 116 cm³/mol.